The second-order valence-electron chi connectivity index (χ2n) is 4.93. The zero-order valence-corrected chi connectivity index (χ0v) is 13.2. The van der Waals surface area contributed by atoms with Gasteiger partial charge in [-0.3, -0.25) is 14.9 Å². The molecule has 0 amide bonds. The minimum atomic E-state index is -0.976. The number of halogens is 1. The number of benzene rings is 2. The summed E-state index contributed by atoms with van der Waals surface area (Å²) in [7, 11) is 0. The standard InChI is InChI=1S/C16H10BrNO5/c17-12-7-9(8-13(19)20)6-11-14(10-4-2-1-3-5-10)16(18(21)22)23-15(11)12/h1-7H,8H2,(H,19,20). The Kier molecular flexibility index (Phi) is 3.87. The van der Waals surface area contributed by atoms with E-state index in [1.165, 1.54) is 0 Å². The zero-order valence-electron chi connectivity index (χ0n) is 11.7. The molecule has 0 bridgehead atoms. The van der Waals surface area contributed by atoms with Crippen LogP contribution in [0.15, 0.2) is 51.4 Å². The summed E-state index contributed by atoms with van der Waals surface area (Å²) in [5.74, 6) is -1.34. The Bertz CT molecular complexity index is 917. The van der Waals surface area contributed by atoms with Gasteiger partial charge in [0.15, 0.2) is 5.58 Å². The molecule has 6 nitrogen and oxygen atoms in total. The largest absolute Gasteiger partial charge is 0.481 e. The van der Waals surface area contributed by atoms with Crippen LogP contribution in [0.4, 0.5) is 5.88 Å². The molecular weight excluding hydrogens is 366 g/mol. The SMILES string of the molecule is O=C(O)Cc1cc(Br)c2oc([N+](=O)[O-])c(-c3ccccc3)c2c1. The van der Waals surface area contributed by atoms with E-state index in [4.69, 9.17) is 9.52 Å². The number of furan rings is 1. The summed E-state index contributed by atoms with van der Waals surface area (Å²) < 4.78 is 5.90. The Morgan fingerprint density at radius 2 is 1.96 bits per heavy atom. The number of hydrogen-bond acceptors (Lipinski definition) is 4. The Labute approximate surface area is 138 Å². The first-order valence-electron chi connectivity index (χ1n) is 6.64. The summed E-state index contributed by atoms with van der Waals surface area (Å²) in [6.45, 7) is 0. The lowest BCUT2D eigenvalue weighted by atomic mass is 10.0. The van der Waals surface area contributed by atoms with Crippen molar-refractivity contribution in [2.45, 2.75) is 6.42 Å². The van der Waals surface area contributed by atoms with Crippen LogP contribution in [-0.4, -0.2) is 16.0 Å². The molecule has 0 radical (unpaired) electrons. The van der Waals surface area contributed by atoms with Crippen molar-refractivity contribution in [2.75, 3.05) is 0 Å². The molecule has 116 valence electrons. The van der Waals surface area contributed by atoms with Crippen molar-refractivity contribution in [1.82, 2.24) is 0 Å². The van der Waals surface area contributed by atoms with Gasteiger partial charge in [-0.05, 0) is 39.2 Å². The molecule has 23 heavy (non-hydrogen) atoms. The van der Waals surface area contributed by atoms with Gasteiger partial charge in [-0.15, -0.1) is 0 Å². The highest BCUT2D eigenvalue weighted by Crippen LogP contribution is 2.42. The van der Waals surface area contributed by atoms with Crippen LogP contribution in [0.1, 0.15) is 5.56 Å². The Morgan fingerprint density at radius 1 is 1.26 bits per heavy atom. The average Bonchev–Trinajstić information content (AvgIpc) is 2.87. The molecule has 0 aliphatic heterocycles. The molecule has 1 heterocycles. The van der Waals surface area contributed by atoms with Crippen molar-refractivity contribution in [3.8, 4) is 11.1 Å². The van der Waals surface area contributed by atoms with E-state index in [0.717, 1.165) is 0 Å². The van der Waals surface area contributed by atoms with Gasteiger partial charge in [0, 0.05) is 5.39 Å². The van der Waals surface area contributed by atoms with Gasteiger partial charge in [-0.25, -0.2) is 0 Å². The van der Waals surface area contributed by atoms with Crippen LogP contribution < -0.4 is 0 Å². The monoisotopic (exact) mass is 375 g/mol. The van der Waals surface area contributed by atoms with Crippen LogP contribution in [0, 0.1) is 10.1 Å². The third kappa shape index (κ3) is 2.83. The van der Waals surface area contributed by atoms with Crippen LogP contribution in [-0.2, 0) is 11.2 Å². The fourth-order valence-corrected chi connectivity index (χ4v) is 3.08. The van der Waals surface area contributed by atoms with E-state index in [9.17, 15) is 14.9 Å². The van der Waals surface area contributed by atoms with Crippen molar-refractivity contribution in [2.24, 2.45) is 0 Å². The summed E-state index contributed by atoms with van der Waals surface area (Å²) >= 11 is 3.30. The van der Waals surface area contributed by atoms with E-state index in [1.807, 2.05) is 6.07 Å². The first-order valence-corrected chi connectivity index (χ1v) is 7.43. The minimum absolute atomic E-state index is 0.179. The molecule has 0 atom stereocenters. The zero-order chi connectivity index (χ0) is 16.6. The van der Waals surface area contributed by atoms with E-state index in [0.29, 0.717) is 32.1 Å². The Morgan fingerprint density at radius 3 is 2.57 bits per heavy atom. The number of carboxylic acids is 1. The third-order valence-electron chi connectivity index (χ3n) is 3.37. The van der Waals surface area contributed by atoms with E-state index in [-0.39, 0.29) is 12.3 Å². The highest BCUT2D eigenvalue weighted by molar-refractivity contribution is 9.10. The number of nitro groups is 1. The molecule has 0 aliphatic rings. The lowest BCUT2D eigenvalue weighted by Gasteiger charge is -2.01. The van der Waals surface area contributed by atoms with Gasteiger partial charge < -0.3 is 9.52 Å². The number of hydrogen-bond donors (Lipinski definition) is 1. The van der Waals surface area contributed by atoms with E-state index >= 15 is 0 Å². The summed E-state index contributed by atoms with van der Waals surface area (Å²) in [6.07, 6.45) is -0.179. The molecule has 0 saturated carbocycles. The molecule has 1 N–H and O–H groups in total. The number of rotatable bonds is 4. The van der Waals surface area contributed by atoms with Crippen molar-refractivity contribution in [3.63, 3.8) is 0 Å². The predicted octanol–water partition coefficient (Wildman–Crippen LogP) is 4.40. The van der Waals surface area contributed by atoms with E-state index < -0.39 is 10.9 Å². The summed E-state index contributed by atoms with van der Waals surface area (Å²) in [4.78, 5) is 21.7. The van der Waals surface area contributed by atoms with Crippen molar-refractivity contribution < 1.29 is 19.2 Å². The van der Waals surface area contributed by atoms with E-state index in [2.05, 4.69) is 15.9 Å². The van der Waals surface area contributed by atoms with Crippen molar-refractivity contribution in [1.29, 1.82) is 0 Å². The number of carbonyl (C=O) groups is 1. The normalized spacial score (nSPS) is 10.8. The molecule has 0 spiro atoms. The second-order valence-corrected chi connectivity index (χ2v) is 5.78. The molecule has 0 aliphatic carbocycles. The summed E-state index contributed by atoms with van der Waals surface area (Å²) in [5, 5.41) is 20.8. The molecule has 1 aromatic heterocycles. The van der Waals surface area contributed by atoms with Crippen LogP contribution in [0.5, 0.6) is 0 Å². The van der Waals surface area contributed by atoms with Crippen LogP contribution in [0.25, 0.3) is 22.1 Å². The third-order valence-corrected chi connectivity index (χ3v) is 3.96. The summed E-state index contributed by atoms with van der Waals surface area (Å²) in [6, 6.07) is 12.1. The second kappa shape index (κ2) is 5.85. The van der Waals surface area contributed by atoms with Gasteiger partial charge in [-0.2, -0.15) is 0 Å². The molecule has 2 aromatic carbocycles. The molecule has 0 unspecified atom stereocenters. The fraction of sp³-hybridized carbons (Fsp3) is 0.0625. The maximum Gasteiger partial charge on any atom is 0.442 e. The lowest BCUT2D eigenvalue weighted by molar-refractivity contribution is -0.400. The van der Waals surface area contributed by atoms with Gasteiger partial charge in [0.2, 0.25) is 0 Å². The topological polar surface area (TPSA) is 93.6 Å². The lowest BCUT2D eigenvalue weighted by Crippen LogP contribution is -1.99. The number of fused-ring (bicyclic) bond motifs is 1. The van der Waals surface area contributed by atoms with Crippen LogP contribution >= 0.6 is 15.9 Å². The fourth-order valence-electron chi connectivity index (χ4n) is 2.49. The summed E-state index contributed by atoms with van der Waals surface area (Å²) in [5.41, 5.74) is 1.84. The smallest absolute Gasteiger partial charge is 0.442 e. The molecular formula is C16H10BrNO5. The highest BCUT2D eigenvalue weighted by Gasteiger charge is 2.27. The van der Waals surface area contributed by atoms with Crippen molar-refractivity contribution >= 4 is 38.8 Å². The quantitative estimate of drug-likeness (QED) is 0.538. The maximum atomic E-state index is 11.3. The number of carboxylic acid groups (broad SMARTS) is 1. The average molecular weight is 376 g/mol. The van der Waals surface area contributed by atoms with Gasteiger partial charge in [-0.1, -0.05) is 30.3 Å². The maximum absolute atomic E-state index is 11.3. The van der Waals surface area contributed by atoms with Gasteiger partial charge in [0.05, 0.1) is 10.9 Å². The van der Waals surface area contributed by atoms with Crippen molar-refractivity contribution in [3.05, 3.63) is 62.6 Å². The first kappa shape index (κ1) is 15.2. The van der Waals surface area contributed by atoms with Gasteiger partial charge in [0.25, 0.3) is 0 Å². The minimum Gasteiger partial charge on any atom is -0.481 e. The molecule has 0 saturated heterocycles. The predicted molar refractivity (Wildman–Crippen MR) is 87.3 cm³/mol. The number of nitrogens with zero attached hydrogens (tertiary/aromatic N) is 1. The first-order chi connectivity index (χ1) is 11.0. The highest BCUT2D eigenvalue weighted by atomic mass is 79.9. The van der Waals surface area contributed by atoms with Crippen LogP contribution in [0.2, 0.25) is 0 Å². The van der Waals surface area contributed by atoms with E-state index in [1.54, 1.807) is 36.4 Å². The Balaban J connectivity index is 2.34. The van der Waals surface area contributed by atoms with Gasteiger partial charge >= 0.3 is 11.9 Å². The van der Waals surface area contributed by atoms with Crippen LogP contribution in [0.3, 0.4) is 0 Å². The molecule has 7 heteroatoms. The number of aliphatic carboxylic acids is 1. The van der Waals surface area contributed by atoms with Gasteiger partial charge in [0.1, 0.15) is 10.5 Å². The molecule has 3 aromatic rings. The molecule has 3 rings (SSSR count). The molecule has 0 fully saturated rings. The Hall–Kier alpha value is -2.67.